The SMILES string of the molecule is CNC(=O)c1ccccc1.O=C(c1ccccc1)c1ccc(O)cc1O. The van der Waals surface area contributed by atoms with Crippen LogP contribution in [-0.4, -0.2) is 29.0 Å². The van der Waals surface area contributed by atoms with Crippen molar-refractivity contribution in [3.05, 3.63) is 95.6 Å². The highest BCUT2D eigenvalue weighted by Crippen LogP contribution is 2.24. The maximum atomic E-state index is 11.9. The van der Waals surface area contributed by atoms with Crippen LogP contribution in [0.4, 0.5) is 0 Å². The molecule has 0 saturated carbocycles. The molecule has 3 aromatic rings. The molecule has 0 unspecified atom stereocenters. The first-order valence-corrected chi connectivity index (χ1v) is 7.91. The number of ketones is 1. The summed E-state index contributed by atoms with van der Waals surface area (Å²) in [7, 11) is 1.62. The van der Waals surface area contributed by atoms with Crippen LogP contribution in [0.25, 0.3) is 0 Å². The quantitative estimate of drug-likeness (QED) is 0.633. The molecule has 5 heteroatoms. The van der Waals surface area contributed by atoms with E-state index >= 15 is 0 Å². The predicted octanol–water partition coefficient (Wildman–Crippen LogP) is 3.38. The van der Waals surface area contributed by atoms with Crippen molar-refractivity contribution in [2.24, 2.45) is 0 Å². The van der Waals surface area contributed by atoms with Gasteiger partial charge in [0, 0.05) is 24.2 Å². The third kappa shape index (κ3) is 4.95. The fourth-order valence-electron chi connectivity index (χ4n) is 2.19. The molecule has 0 aromatic heterocycles. The Hall–Kier alpha value is -3.60. The van der Waals surface area contributed by atoms with E-state index in [2.05, 4.69) is 5.32 Å². The molecule has 0 fully saturated rings. The first-order valence-electron chi connectivity index (χ1n) is 7.91. The smallest absolute Gasteiger partial charge is 0.251 e. The Balaban J connectivity index is 0.000000209. The number of hydrogen-bond acceptors (Lipinski definition) is 4. The van der Waals surface area contributed by atoms with Gasteiger partial charge in [0.05, 0.1) is 5.56 Å². The fraction of sp³-hybridized carbons (Fsp3) is 0.0476. The van der Waals surface area contributed by atoms with Crippen molar-refractivity contribution < 1.29 is 19.8 Å². The number of aromatic hydroxyl groups is 2. The van der Waals surface area contributed by atoms with Crippen LogP contribution >= 0.6 is 0 Å². The average molecular weight is 349 g/mol. The molecule has 1 amide bonds. The second kappa shape index (κ2) is 9.03. The summed E-state index contributed by atoms with van der Waals surface area (Å²) >= 11 is 0. The highest BCUT2D eigenvalue weighted by Gasteiger charge is 2.13. The average Bonchev–Trinajstić information content (AvgIpc) is 2.69. The summed E-state index contributed by atoms with van der Waals surface area (Å²) in [6.45, 7) is 0. The van der Waals surface area contributed by atoms with Crippen LogP contribution in [0.15, 0.2) is 78.9 Å². The molecule has 3 rings (SSSR count). The lowest BCUT2D eigenvalue weighted by Gasteiger charge is -2.04. The van der Waals surface area contributed by atoms with Gasteiger partial charge in [0.1, 0.15) is 11.5 Å². The summed E-state index contributed by atoms with van der Waals surface area (Å²) in [4.78, 5) is 22.8. The molecule has 0 atom stereocenters. The Bertz CT molecular complexity index is 877. The van der Waals surface area contributed by atoms with Crippen LogP contribution in [0.2, 0.25) is 0 Å². The minimum Gasteiger partial charge on any atom is -0.508 e. The predicted molar refractivity (Wildman–Crippen MR) is 99.5 cm³/mol. The lowest BCUT2D eigenvalue weighted by atomic mass is 10.0. The number of carbonyl (C=O) groups is 2. The molecule has 5 nitrogen and oxygen atoms in total. The molecule has 0 aliphatic heterocycles. The third-order valence-corrected chi connectivity index (χ3v) is 3.52. The summed E-state index contributed by atoms with van der Waals surface area (Å²) in [5, 5.41) is 21.2. The zero-order valence-corrected chi connectivity index (χ0v) is 14.2. The highest BCUT2D eigenvalue weighted by atomic mass is 16.3. The maximum absolute atomic E-state index is 11.9. The lowest BCUT2D eigenvalue weighted by Crippen LogP contribution is -2.17. The van der Waals surface area contributed by atoms with Gasteiger partial charge in [0.2, 0.25) is 0 Å². The molecular weight excluding hydrogens is 330 g/mol. The summed E-state index contributed by atoms with van der Waals surface area (Å²) in [6.07, 6.45) is 0. The van der Waals surface area contributed by atoms with Gasteiger partial charge in [-0.25, -0.2) is 0 Å². The summed E-state index contributed by atoms with van der Waals surface area (Å²) in [5.41, 5.74) is 1.39. The Labute approximate surface area is 151 Å². The fourth-order valence-corrected chi connectivity index (χ4v) is 2.19. The van der Waals surface area contributed by atoms with Gasteiger partial charge >= 0.3 is 0 Å². The largest absolute Gasteiger partial charge is 0.508 e. The normalized spacial score (nSPS) is 9.58. The van der Waals surface area contributed by atoms with Gasteiger partial charge < -0.3 is 15.5 Å². The van der Waals surface area contributed by atoms with Gasteiger partial charge in [0.25, 0.3) is 5.91 Å². The van der Waals surface area contributed by atoms with E-state index < -0.39 is 0 Å². The van der Waals surface area contributed by atoms with E-state index in [1.165, 1.54) is 12.1 Å². The van der Waals surface area contributed by atoms with Gasteiger partial charge in [0.15, 0.2) is 5.78 Å². The molecule has 0 spiro atoms. The molecule has 3 N–H and O–H groups in total. The van der Waals surface area contributed by atoms with E-state index in [0.717, 1.165) is 6.07 Å². The van der Waals surface area contributed by atoms with E-state index in [1.54, 1.807) is 43.4 Å². The second-order valence-electron chi connectivity index (χ2n) is 5.34. The van der Waals surface area contributed by atoms with Crippen LogP contribution in [0.5, 0.6) is 11.5 Å². The number of phenols is 2. The number of rotatable bonds is 3. The van der Waals surface area contributed by atoms with Crippen molar-refractivity contribution in [2.45, 2.75) is 0 Å². The molecule has 0 aliphatic rings. The molecular formula is C21H19NO4. The minimum atomic E-state index is -0.266. The standard InChI is InChI=1S/C13H10O3.C8H9NO/c14-10-6-7-11(12(15)8-10)13(16)9-4-2-1-3-5-9;1-9-8(10)7-5-3-2-4-6-7/h1-8,14-15H;2-6H,1H3,(H,9,10). The van der Waals surface area contributed by atoms with Crippen LogP contribution < -0.4 is 5.32 Å². The first-order chi connectivity index (χ1) is 12.5. The van der Waals surface area contributed by atoms with E-state index in [1.807, 2.05) is 24.3 Å². The molecule has 3 aromatic carbocycles. The number of benzene rings is 3. The molecule has 0 saturated heterocycles. The van der Waals surface area contributed by atoms with Crippen LogP contribution in [-0.2, 0) is 0 Å². The Kier molecular flexibility index (Phi) is 6.51. The summed E-state index contributed by atoms with van der Waals surface area (Å²) in [5.74, 6) is -0.588. The van der Waals surface area contributed by atoms with E-state index in [0.29, 0.717) is 11.1 Å². The molecule has 0 bridgehead atoms. The van der Waals surface area contributed by atoms with Crippen LogP contribution in [0.1, 0.15) is 26.3 Å². The van der Waals surface area contributed by atoms with Crippen molar-refractivity contribution in [1.82, 2.24) is 5.32 Å². The van der Waals surface area contributed by atoms with Crippen molar-refractivity contribution in [3.8, 4) is 11.5 Å². The second-order valence-corrected chi connectivity index (χ2v) is 5.34. The number of hydrogen-bond donors (Lipinski definition) is 3. The zero-order valence-electron chi connectivity index (χ0n) is 14.2. The number of amides is 1. The van der Waals surface area contributed by atoms with Crippen molar-refractivity contribution in [3.63, 3.8) is 0 Å². The maximum Gasteiger partial charge on any atom is 0.251 e. The molecule has 0 radical (unpaired) electrons. The lowest BCUT2D eigenvalue weighted by molar-refractivity contribution is 0.0962. The molecule has 132 valence electrons. The van der Waals surface area contributed by atoms with Crippen LogP contribution in [0.3, 0.4) is 0 Å². The molecule has 0 aliphatic carbocycles. The Morgan fingerprint density at radius 2 is 1.31 bits per heavy atom. The Morgan fingerprint density at radius 3 is 1.81 bits per heavy atom. The van der Waals surface area contributed by atoms with E-state index in [-0.39, 0.29) is 28.8 Å². The third-order valence-electron chi connectivity index (χ3n) is 3.52. The van der Waals surface area contributed by atoms with Crippen molar-refractivity contribution in [2.75, 3.05) is 7.05 Å². The number of nitrogens with one attached hydrogen (secondary N) is 1. The van der Waals surface area contributed by atoms with Gasteiger partial charge in [-0.1, -0.05) is 48.5 Å². The summed E-state index contributed by atoms with van der Waals surface area (Å²) in [6, 6.07) is 21.7. The van der Waals surface area contributed by atoms with Crippen LogP contribution in [0, 0.1) is 0 Å². The van der Waals surface area contributed by atoms with Crippen molar-refractivity contribution in [1.29, 1.82) is 0 Å². The topological polar surface area (TPSA) is 86.6 Å². The number of phenolic OH excluding ortho intramolecular Hbond substituents is 2. The number of carbonyl (C=O) groups excluding carboxylic acids is 2. The van der Waals surface area contributed by atoms with Gasteiger partial charge in [-0.05, 0) is 24.3 Å². The van der Waals surface area contributed by atoms with Gasteiger partial charge in [-0.3, -0.25) is 9.59 Å². The van der Waals surface area contributed by atoms with E-state index in [4.69, 9.17) is 5.11 Å². The molecule has 26 heavy (non-hydrogen) atoms. The Morgan fingerprint density at radius 1 is 0.769 bits per heavy atom. The van der Waals surface area contributed by atoms with E-state index in [9.17, 15) is 14.7 Å². The zero-order chi connectivity index (χ0) is 18.9. The van der Waals surface area contributed by atoms with Gasteiger partial charge in [-0.2, -0.15) is 0 Å². The summed E-state index contributed by atoms with van der Waals surface area (Å²) < 4.78 is 0. The van der Waals surface area contributed by atoms with Gasteiger partial charge in [-0.15, -0.1) is 0 Å². The van der Waals surface area contributed by atoms with Crippen molar-refractivity contribution >= 4 is 11.7 Å². The highest BCUT2D eigenvalue weighted by molar-refractivity contribution is 6.10. The minimum absolute atomic E-state index is 0.0411. The first kappa shape index (κ1) is 18.7. The molecule has 0 heterocycles. The monoisotopic (exact) mass is 349 g/mol.